The number of para-hydroxylation sites is 1. The third kappa shape index (κ3) is 6.67. The van der Waals surface area contributed by atoms with Crippen LogP contribution in [0.4, 0.5) is 5.69 Å². The highest BCUT2D eigenvalue weighted by molar-refractivity contribution is 14.0. The van der Waals surface area contributed by atoms with Gasteiger partial charge in [-0.2, -0.15) is 0 Å². The number of benzene rings is 2. The predicted molar refractivity (Wildman–Crippen MR) is 141 cm³/mol. The molecule has 1 atom stereocenters. The zero-order chi connectivity index (χ0) is 22.2. The number of carbonyl (C=O) groups excluding carboxylic acids is 1. The van der Waals surface area contributed by atoms with Gasteiger partial charge in [0.05, 0.1) is 0 Å². The minimum Gasteiger partial charge on any atom is -0.473 e. The van der Waals surface area contributed by atoms with Gasteiger partial charge in [-0.1, -0.05) is 54.6 Å². The van der Waals surface area contributed by atoms with E-state index in [1.54, 1.807) is 13.2 Å². The molecule has 0 saturated heterocycles. The molecule has 3 aromatic rings. The number of rotatable bonds is 7. The number of guanidine groups is 1. The fourth-order valence-corrected chi connectivity index (χ4v) is 3.72. The summed E-state index contributed by atoms with van der Waals surface area (Å²) in [5.74, 6) is 1.37. The number of aromatic nitrogens is 1. The summed E-state index contributed by atoms with van der Waals surface area (Å²) in [7, 11) is 1.73. The Morgan fingerprint density at radius 3 is 2.70 bits per heavy atom. The minimum absolute atomic E-state index is 0. The van der Waals surface area contributed by atoms with E-state index in [9.17, 15) is 4.79 Å². The molecule has 8 heteroatoms. The Balaban J connectivity index is 0.00000306. The number of hydrogen-bond donors (Lipinski definition) is 3. The van der Waals surface area contributed by atoms with Gasteiger partial charge in [0.15, 0.2) is 5.96 Å². The van der Waals surface area contributed by atoms with Crippen LogP contribution in [0.15, 0.2) is 77.9 Å². The average molecular weight is 557 g/mol. The summed E-state index contributed by atoms with van der Waals surface area (Å²) in [6, 6.07) is 21.8. The van der Waals surface area contributed by atoms with Crippen molar-refractivity contribution in [2.24, 2.45) is 4.99 Å². The summed E-state index contributed by atoms with van der Waals surface area (Å²) < 4.78 is 5.94. The van der Waals surface area contributed by atoms with Gasteiger partial charge in [-0.05, 0) is 23.3 Å². The lowest BCUT2D eigenvalue weighted by atomic mass is 9.90. The summed E-state index contributed by atoms with van der Waals surface area (Å²) in [6.07, 6.45) is 2.17. The predicted octanol–water partition coefficient (Wildman–Crippen LogP) is 4.07. The molecular formula is C25H28IN5O2. The first kappa shape index (κ1) is 24.5. The Kier molecular flexibility index (Phi) is 9.05. The van der Waals surface area contributed by atoms with E-state index in [0.717, 1.165) is 22.4 Å². The van der Waals surface area contributed by atoms with Gasteiger partial charge in [0.25, 0.3) is 0 Å². The molecule has 2 heterocycles. The first-order valence-electron chi connectivity index (χ1n) is 10.7. The summed E-state index contributed by atoms with van der Waals surface area (Å²) in [5.41, 5.74) is 4.05. The van der Waals surface area contributed by atoms with E-state index in [1.165, 1.54) is 0 Å². The summed E-state index contributed by atoms with van der Waals surface area (Å²) in [6.45, 7) is 1.58. The van der Waals surface area contributed by atoms with Crippen LogP contribution in [0.2, 0.25) is 0 Å². The van der Waals surface area contributed by atoms with Crippen LogP contribution in [0.3, 0.4) is 0 Å². The topological polar surface area (TPSA) is 87.6 Å². The number of carbonyl (C=O) groups is 1. The molecule has 3 N–H and O–H groups in total. The molecule has 33 heavy (non-hydrogen) atoms. The minimum atomic E-state index is 0. The van der Waals surface area contributed by atoms with Crippen molar-refractivity contribution in [2.75, 3.05) is 18.9 Å². The van der Waals surface area contributed by atoms with Crippen molar-refractivity contribution in [2.45, 2.75) is 25.5 Å². The second-order valence-electron chi connectivity index (χ2n) is 7.59. The second-order valence-corrected chi connectivity index (χ2v) is 7.59. The van der Waals surface area contributed by atoms with E-state index < -0.39 is 0 Å². The monoisotopic (exact) mass is 557 g/mol. The lowest BCUT2D eigenvalue weighted by Gasteiger charge is -2.26. The van der Waals surface area contributed by atoms with Crippen LogP contribution in [-0.2, 0) is 17.9 Å². The number of aliphatic imine (C=N–C) groups is 1. The van der Waals surface area contributed by atoms with Crippen LogP contribution in [0, 0.1) is 0 Å². The molecule has 0 saturated carbocycles. The Morgan fingerprint density at radius 1 is 1.09 bits per heavy atom. The third-order valence-electron chi connectivity index (χ3n) is 5.36. The normalized spacial score (nSPS) is 15.0. The molecule has 1 unspecified atom stereocenters. The molecular weight excluding hydrogens is 529 g/mol. The Bertz CT molecular complexity index is 1090. The number of pyridine rings is 1. The lowest BCUT2D eigenvalue weighted by molar-refractivity contribution is -0.116. The van der Waals surface area contributed by atoms with E-state index >= 15 is 0 Å². The van der Waals surface area contributed by atoms with Crippen LogP contribution >= 0.6 is 24.0 Å². The Morgan fingerprint density at radius 2 is 1.88 bits per heavy atom. The maximum Gasteiger partial charge on any atom is 0.225 e. The molecule has 7 nitrogen and oxygen atoms in total. The number of halogens is 1. The number of anilines is 1. The number of nitrogens with one attached hydrogen (secondary N) is 3. The molecule has 1 aliphatic rings. The largest absolute Gasteiger partial charge is 0.473 e. The first-order valence-corrected chi connectivity index (χ1v) is 10.7. The van der Waals surface area contributed by atoms with E-state index in [4.69, 9.17) is 4.74 Å². The molecule has 0 aliphatic carbocycles. The molecule has 1 amide bonds. The van der Waals surface area contributed by atoms with E-state index in [1.807, 2.05) is 60.7 Å². The number of hydrogen-bond acceptors (Lipinski definition) is 4. The first-order chi connectivity index (χ1) is 15.7. The Labute approximate surface area is 211 Å². The summed E-state index contributed by atoms with van der Waals surface area (Å²) in [4.78, 5) is 20.8. The average Bonchev–Trinajstić information content (AvgIpc) is 2.84. The van der Waals surface area contributed by atoms with Gasteiger partial charge in [0.2, 0.25) is 11.8 Å². The summed E-state index contributed by atoms with van der Waals surface area (Å²) >= 11 is 0. The van der Waals surface area contributed by atoms with Crippen molar-refractivity contribution < 1.29 is 9.53 Å². The maximum atomic E-state index is 12.1. The van der Waals surface area contributed by atoms with E-state index in [2.05, 4.69) is 32.0 Å². The molecule has 172 valence electrons. The van der Waals surface area contributed by atoms with Crippen LogP contribution < -0.4 is 20.7 Å². The van der Waals surface area contributed by atoms with Crippen molar-refractivity contribution in [3.05, 3.63) is 89.6 Å². The maximum absolute atomic E-state index is 12.1. The smallest absolute Gasteiger partial charge is 0.225 e. The molecule has 1 aliphatic heterocycles. The van der Waals surface area contributed by atoms with Crippen LogP contribution in [0.5, 0.6) is 5.88 Å². The van der Waals surface area contributed by atoms with Crippen molar-refractivity contribution in [3.63, 3.8) is 0 Å². The lowest BCUT2D eigenvalue weighted by Crippen LogP contribution is -2.40. The number of nitrogens with zero attached hydrogens (tertiary/aromatic N) is 2. The highest BCUT2D eigenvalue weighted by Gasteiger charge is 2.24. The van der Waals surface area contributed by atoms with E-state index in [-0.39, 0.29) is 35.8 Å². The van der Waals surface area contributed by atoms with Crippen molar-refractivity contribution >= 4 is 41.5 Å². The number of ether oxygens (including phenoxy) is 1. The van der Waals surface area contributed by atoms with Crippen molar-refractivity contribution in [3.8, 4) is 5.88 Å². The number of amides is 1. The quantitative estimate of drug-likeness (QED) is 0.232. The van der Waals surface area contributed by atoms with Crippen LogP contribution in [0.1, 0.15) is 29.0 Å². The van der Waals surface area contributed by atoms with Gasteiger partial charge in [-0.25, -0.2) is 4.98 Å². The fourth-order valence-electron chi connectivity index (χ4n) is 3.72. The van der Waals surface area contributed by atoms with Gasteiger partial charge in [-0.15, -0.1) is 24.0 Å². The molecule has 0 fully saturated rings. The third-order valence-corrected chi connectivity index (χ3v) is 5.36. The van der Waals surface area contributed by atoms with Crippen LogP contribution in [0.25, 0.3) is 0 Å². The van der Waals surface area contributed by atoms with Crippen LogP contribution in [-0.4, -0.2) is 30.4 Å². The fraction of sp³-hybridized carbons (Fsp3) is 0.240. The van der Waals surface area contributed by atoms with Gasteiger partial charge in [0.1, 0.15) is 6.61 Å². The highest BCUT2D eigenvalue weighted by atomic mass is 127. The van der Waals surface area contributed by atoms with Crippen molar-refractivity contribution in [1.82, 2.24) is 15.6 Å². The zero-order valence-corrected chi connectivity index (χ0v) is 20.8. The molecule has 2 aromatic carbocycles. The van der Waals surface area contributed by atoms with Crippen molar-refractivity contribution in [1.29, 1.82) is 0 Å². The van der Waals surface area contributed by atoms with Gasteiger partial charge >= 0.3 is 0 Å². The van der Waals surface area contributed by atoms with Gasteiger partial charge in [0, 0.05) is 49.9 Å². The summed E-state index contributed by atoms with van der Waals surface area (Å²) in [5, 5.41) is 9.60. The number of fused-ring (bicyclic) bond motifs is 1. The van der Waals surface area contributed by atoms with Gasteiger partial charge < -0.3 is 20.7 Å². The molecule has 0 radical (unpaired) electrons. The van der Waals surface area contributed by atoms with E-state index in [0.29, 0.717) is 38.0 Å². The highest BCUT2D eigenvalue weighted by Crippen LogP contribution is 2.31. The van der Waals surface area contributed by atoms with Gasteiger partial charge in [-0.3, -0.25) is 9.79 Å². The SMILES string of the molecule is CN=C(NCc1cccnc1OCc1ccccc1)NCC1CC(=O)Nc2ccccc21.I. The molecule has 4 rings (SSSR count). The molecule has 0 bridgehead atoms. The molecule has 0 spiro atoms. The molecule has 1 aromatic heterocycles. The zero-order valence-electron chi connectivity index (χ0n) is 18.5. The Hall–Kier alpha value is -3.14. The standard InChI is InChI=1S/C25H27N5O2.HI/c1-26-25(29-16-20-14-23(31)30-22-12-6-5-11-21(20)22)28-15-19-10-7-13-27-24(19)32-17-18-8-3-2-4-9-18;/h2-13,20H,14-17H2,1H3,(H,30,31)(H2,26,28,29);1H. The second kappa shape index (κ2) is 12.2.